The van der Waals surface area contributed by atoms with Crippen molar-refractivity contribution in [2.24, 2.45) is 0 Å². The molecule has 8 nitrogen and oxygen atoms in total. The molecule has 0 spiro atoms. The van der Waals surface area contributed by atoms with Crippen molar-refractivity contribution >= 4 is 17.6 Å². The summed E-state index contributed by atoms with van der Waals surface area (Å²) in [7, 11) is 0. The second-order valence-electron chi connectivity index (χ2n) is 6.04. The molecule has 0 aliphatic heterocycles. The molecule has 0 fully saturated rings. The fraction of sp³-hybridized carbons (Fsp3) is 0.368. The van der Waals surface area contributed by atoms with E-state index in [2.05, 4.69) is 15.2 Å². The number of aryl methyl sites for hydroxylation is 1. The van der Waals surface area contributed by atoms with Crippen molar-refractivity contribution in [3.8, 4) is 5.75 Å². The number of amides is 1. The molecular formula is C19H21F2N3O5. The first-order valence-corrected chi connectivity index (χ1v) is 8.95. The lowest BCUT2D eigenvalue weighted by atomic mass is 10.2. The van der Waals surface area contributed by atoms with Crippen LogP contribution in [-0.4, -0.2) is 34.4 Å². The van der Waals surface area contributed by atoms with Gasteiger partial charge in [-0.2, -0.15) is 13.9 Å². The maximum absolute atomic E-state index is 12.5. The van der Waals surface area contributed by atoms with Crippen LogP contribution in [0.5, 0.6) is 5.75 Å². The van der Waals surface area contributed by atoms with Crippen LogP contribution in [-0.2, 0) is 16.1 Å². The third kappa shape index (κ3) is 6.37. The number of halogens is 2. The number of esters is 1. The molecule has 156 valence electrons. The molecule has 2 aromatic rings. The number of benzene rings is 1. The molecule has 0 aliphatic carbocycles. The molecule has 0 bridgehead atoms. The summed E-state index contributed by atoms with van der Waals surface area (Å²) >= 11 is 0. The van der Waals surface area contributed by atoms with E-state index in [0.29, 0.717) is 13.0 Å². The minimum atomic E-state index is -3.06. The van der Waals surface area contributed by atoms with Crippen molar-refractivity contribution in [1.29, 1.82) is 0 Å². The third-order valence-electron chi connectivity index (χ3n) is 3.81. The second-order valence-corrected chi connectivity index (χ2v) is 6.04. The first-order chi connectivity index (χ1) is 13.8. The molecule has 1 heterocycles. The van der Waals surface area contributed by atoms with Gasteiger partial charge in [-0.3, -0.25) is 9.59 Å². The Hall–Kier alpha value is -3.30. The summed E-state index contributed by atoms with van der Waals surface area (Å²) in [6.45, 7) is 0.566. The van der Waals surface area contributed by atoms with Crippen molar-refractivity contribution in [3.63, 3.8) is 0 Å². The molecule has 1 N–H and O–H groups in total. The number of anilines is 1. The molecule has 1 amide bonds. The van der Waals surface area contributed by atoms with E-state index in [0.717, 1.165) is 11.1 Å². The molecule has 2 rings (SSSR count). The van der Waals surface area contributed by atoms with Gasteiger partial charge in [0.05, 0.1) is 5.69 Å². The zero-order valence-electron chi connectivity index (χ0n) is 15.9. The van der Waals surface area contributed by atoms with E-state index in [1.54, 1.807) is 0 Å². The predicted octanol–water partition coefficient (Wildman–Crippen LogP) is 2.83. The third-order valence-corrected chi connectivity index (χ3v) is 3.81. The molecular weight excluding hydrogens is 388 g/mol. The van der Waals surface area contributed by atoms with Crippen molar-refractivity contribution in [1.82, 2.24) is 9.78 Å². The Kier molecular flexibility index (Phi) is 7.81. The quantitative estimate of drug-likeness (QED) is 0.640. The Bertz CT molecular complexity index is 917. The normalized spacial score (nSPS) is 11.8. The number of unbranched alkanes of at least 4 members (excludes halogenated alkanes) is 1. The van der Waals surface area contributed by atoms with Crippen LogP contribution in [0.1, 0.15) is 37.2 Å². The number of carbonyl (C=O) groups is 2. The summed E-state index contributed by atoms with van der Waals surface area (Å²) < 4.78 is 35.5. The van der Waals surface area contributed by atoms with Crippen molar-refractivity contribution < 1.29 is 27.8 Å². The topological polar surface area (TPSA) is 99.5 Å². The van der Waals surface area contributed by atoms with E-state index in [4.69, 9.17) is 4.74 Å². The highest BCUT2D eigenvalue weighted by Gasteiger charge is 2.22. The van der Waals surface area contributed by atoms with Crippen LogP contribution in [0, 0.1) is 0 Å². The fourth-order valence-corrected chi connectivity index (χ4v) is 2.30. The SMILES string of the molecule is CCCCn1nc(C(=O)OC(C)C(=O)Nc2ccccc2OC(F)F)ccc1=O. The zero-order valence-corrected chi connectivity index (χ0v) is 15.9. The number of rotatable bonds is 9. The average Bonchev–Trinajstić information content (AvgIpc) is 2.68. The second kappa shape index (κ2) is 10.3. The molecule has 0 saturated carbocycles. The van der Waals surface area contributed by atoms with Crippen LogP contribution < -0.4 is 15.6 Å². The van der Waals surface area contributed by atoms with Gasteiger partial charge in [0.25, 0.3) is 11.5 Å². The number of nitrogens with zero attached hydrogens (tertiary/aromatic N) is 2. The molecule has 0 saturated heterocycles. The van der Waals surface area contributed by atoms with Crippen LogP contribution >= 0.6 is 0 Å². The first-order valence-electron chi connectivity index (χ1n) is 8.95. The molecule has 1 aromatic carbocycles. The number of alkyl halides is 2. The Morgan fingerprint density at radius 3 is 2.62 bits per heavy atom. The molecule has 29 heavy (non-hydrogen) atoms. The van der Waals surface area contributed by atoms with Crippen LogP contribution in [0.4, 0.5) is 14.5 Å². The highest BCUT2D eigenvalue weighted by Crippen LogP contribution is 2.25. The summed E-state index contributed by atoms with van der Waals surface area (Å²) in [4.78, 5) is 36.3. The van der Waals surface area contributed by atoms with Gasteiger partial charge >= 0.3 is 12.6 Å². The molecule has 0 radical (unpaired) electrons. The Morgan fingerprint density at radius 1 is 1.21 bits per heavy atom. The Morgan fingerprint density at radius 2 is 1.93 bits per heavy atom. The average molecular weight is 409 g/mol. The Labute approximate surface area is 165 Å². The van der Waals surface area contributed by atoms with E-state index in [9.17, 15) is 23.2 Å². The fourth-order valence-electron chi connectivity index (χ4n) is 2.30. The van der Waals surface area contributed by atoms with Crippen molar-refractivity contribution in [2.75, 3.05) is 5.32 Å². The summed E-state index contributed by atoms with van der Waals surface area (Å²) in [5, 5.41) is 6.32. The Balaban J connectivity index is 2.05. The summed E-state index contributed by atoms with van der Waals surface area (Å²) in [5.41, 5.74) is -0.467. The van der Waals surface area contributed by atoms with E-state index in [1.807, 2.05) is 6.92 Å². The van der Waals surface area contributed by atoms with Crippen LogP contribution in [0.3, 0.4) is 0 Å². The number of carbonyl (C=O) groups excluding carboxylic acids is 2. The van der Waals surface area contributed by atoms with Crippen molar-refractivity contribution in [3.05, 3.63) is 52.4 Å². The largest absolute Gasteiger partial charge is 0.448 e. The number of para-hydroxylation sites is 2. The van der Waals surface area contributed by atoms with E-state index >= 15 is 0 Å². The lowest BCUT2D eigenvalue weighted by Gasteiger charge is -2.15. The molecule has 10 heteroatoms. The maximum Gasteiger partial charge on any atom is 0.387 e. The zero-order chi connectivity index (χ0) is 21.4. The molecule has 0 aliphatic rings. The van der Waals surface area contributed by atoms with Gasteiger partial charge in [0.2, 0.25) is 0 Å². The minimum Gasteiger partial charge on any atom is -0.448 e. The summed E-state index contributed by atoms with van der Waals surface area (Å²) in [6, 6.07) is 8.03. The number of nitrogens with one attached hydrogen (secondary N) is 1. The van der Waals surface area contributed by atoms with E-state index in [1.165, 1.54) is 43.3 Å². The number of aromatic nitrogens is 2. The van der Waals surface area contributed by atoms with Gasteiger partial charge in [0, 0.05) is 12.6 Å². The smallest absolute Gasteiger partial charge is 0.387 e. The highest BCUT2D eigenvalue weighted by atomic mass is 19.3. The lowest BCUT2D eigenvalue weighted by molar-refractivity contribution is -0.123. The molecule has 1 unspecified atom stereocenters. The van der Waals surface area contributed by atoms with Gasteiger partial charge in [-0.1, -0.05) is 25.5 Å². The van der Waals surface area contributed by atoms with Crippen molar-refractivity contribution in [2.45, 2.75) is 45.9 Å². The van der Waals surface area contributed by atoms with Gasteiger partial charge in [-0.25, -0.2) is 9.48 Å². The van der Waals surface area contributed by atoms with Crippen LogP contribution in [0.15, 0.2) is 41.2 Å². The minimum absolute atomic E-state index is 0.00643. The molecule has 1 aromatic heterocycles. The van der Waals surface area contributed by atoms with Gasteiger partial charge in [-0.15, -0.1) is 0 Å². The standard InChI is InChI=1S/C19H21F2N3O5/c1-3-4-11-24-16(25)10-9-14(23-24)18(27)28-12(2)17(26)22-13-7-5-6-8-15(13)29-19(20)21/h5-10,12,19H,3-4,11H2,1-2H3,(H,22,26). The van der Waals surface area contributed by atoms with E-state index in [-0.39, 0.29) is 22.7 Å². The number of hydrogen-bond donors (Lipinski definition) is 1. The van der Waals surface area contributed by atoms with Gasteiger partial charge < -0.3 is 14.8 Å². The van der Waals surface area contributed by atoms with Gasteiger partial charge in [0.15, 0.2) is 11.8 Å². The summed E-state index contributed by atoms with van der Waals surface area (Å²) in [5.74, 6) is -1.86. The first kappa shape index (κ1) is 22.0. The van der Waals surface area contributed by atoms with E-state index < -0.39 is 24.6 Å². The van der Waals surface area contributed by atoms with Gasteiger partial charge in [-0.05, 0) is 31.5 Å². The number of ether oxygens (including phenoxy) is 2. The maximum atomic E-state index is 12.5. The highest BCUT2D eigenvalue weighted by molar-refractivity contribution is 5.97. The predicted molar refractivity (Wildman–Crippen MR) is 100.0 cm³/mol. The summed E-state index contributed by atoms with van der Waals surface area (Å²) in [6.07, 6.45) is 0.307. The van der Waals surface area contributed by atoms with Crippen LogP contribution in [0.25, 0.3) is 0 Å². The van der Waals surface area contributed by atoms with Gasteiger partial charge in [0.1, 0.15) is 5.75 Å². The number of hydrogen-bond acceptors (Lipinski definition) is 6. The monoisotopic (exact) mass is 409 g/mol. The molecule has 1 atom stereocenters. The van der Waals surface area contributed by atoms with Crippen LogP contribution in [0.2, 0.25) is 0 Å². The lowest BCUT2D eigenvalue weighted by Crippen LogP contribution is -2.31.